The van der Waals surface area contributed by atoms with Crippen LogP contribution in [0.1, 0.15) is 42.0 Å². The largest absolute Gasteiger partial charge is 0.333 e. The molecule has 2 aromatic rings. The van der Waals surface area contributed by atoms with Crippen LogP contribution in [-0.4, -0.2) is 44.9 Å². The van der Waals surface area contributed by atoms with Gasteiger partial charge in [-0.3, -0.25) is 9.69 Å². The van der Waals surface area contributed by atoms with E-state index in [1.165, 1.54) is 5.69 Å². The first kappa shape index (κ1) is 16.7. The van der Waals surface area contributed by atoms with Crippen LogP contribution in [0.5, 0.6) is 0 Å². The van der Waals surface area contributed by atoms with Crippen molar-refractivity contribution in [3.8, 4) is 0 Å². The fourth-order valence-corrected chi connectivity index (χ4v) is 3.00. The summed E-state index contributed by atoms with van der Waals surface area (Å²) in [6, 6.07) is 10.0. The van der Waals surface area contributed by atoms with Gasteiger partial charge >= 0.3 is 0 Å². The topological polar surface area (TPSA) is 41.4 Å². The van der Waals surface area contributed by atoms with E-state index in [9.17, 15) is 4.79 Å². The van der Waals surface area contributed by atoms with Crippen LogP contribution >= 0.6 is 0 Å². The predicted octanol–water partition coefficient (Wildman–Crippen LogP) is 2.77. The summed E-state index contributed by atoms with van der Waals surface area (Å²) >= 11 is 0. The van der Waals surface area contributed by atoms with Gasteiger partial charge in [0.15, 0.2) is 0 Å². The smallest absolute Gasteiger partial charge is 0.254 e. The maximum atomic E-state index is 12.8. The molecule has 1 amide bonds. The number of amides is 1. The van der Waals surface area contributed by atoms with E-state index >= 15 is 0 Å². The van der Waals surface area contributed by atoms with Crippen LogP contribution in [0.15, 0.2) is 36.7 Å². The highest BCUT2D eigenvalue weighted by molar-refractivity contribution is 5.94. The second-order valence-corrected chi connectivity index (χ2v) is 6.79. The van der Waals surface area contributed by atoms with Gasteiger partial charge in [0, 0.05) is 31.2 Å². The molecule has 0 radical (unpaired) electrons. The van der Waals surface area contributed by atoms with E-state index in [1.807, 2.05) is 41.6 Å². The number of benzene rings is 1. The molecule has 3 rings (SSSR count). The highest BCUT2D eigenvalue weighted by atomic mass is 16.2. The van der Waals surface area contributed by atoms with Crippen molar-refractivity contribution in [1.29, 1.82) is 0 Å². The van der Waals surface area contributed by atoms with Crippen molar-refractivity contribution < 1.29 is 4.79 Å². The number of carbonyl (C=O) groups excluding carboxylic acids is 1. The number of carbonyl (C=O) groups is 1. The number of rotatable bonds is 4. The van der Waals surface area contributed by atoms with Gasteiger partial charge < -0.3 is 9.47 Å². The summed E-state index contributed by atoms with van der Waals surface area (Å²) in [7, 11) is 2.11. The second kappa shape index (κ2) is 7.18. The zero-order valence-corrected chi connectivity index (χ0v) is 14.8. The van der Waals surface area contributed by atoms with Crippen molar-refractivity contribution in [2.45, 2.75) is 45.9 Å². The first-order valence-electron chi connectivity index (χ1n) is 8.63. The number of hydrogen-bond donors (Lipinski definition) is 0. The molecule has 1 aliphatic rings. The quantitative estimate of drug-likeness (QED) is 0.867. The lowest BCUT2D eigenvalue weighted by molar-refractivity contribution is 0.0745. The lowest BCUT2D eigenvalue weighted by Gasteiger charge is -2.23. The molecular formula is C19H26N4O. The Kier molecular flexibility index (Phi) is 5.00. The number of aryl methyl sites for hydroxylation is 1. The average Bonchev–Trinajstić information content (AvgIpc) is 2.83. The van der Waals surface area contributed by atoms with Crippen LogP contribution in [0, 0.1) is 0 Å². The number of aromatic nitrogens is 2. The van der Waals surface area contributed by atoms with Crippen LogP contribution < -0.4 is 0 Å². The van der Waals surface area contributed by atoms with Crippen LogP contribution in [0.4, 0.5) is 0 Å². The number of imidazole rings is 1. The Balaban J connectivity index is 1.81. The minimum Gasteiger partial charge on any atom is -0.333 e. The summed E-state index contributed by atoms with van der Waals surface area (Å²) in [6.45, 7) is 7.52. The maximum absolute atomic E-state index is 12.8. The summed E-state index contributed by atoms with van der Waals surface area (Å²) in [5.74, 6) is 0.105. The lowest BCUT2D eigenvalue weighted by Crippen LogP contribution is -2.31. The molecule has 2 heterocycles. The molecule has 5 heteroatoms. The molecule has 1 aromatic carbocycles. The summed E-state index contributed by atoms with van der Waals surface area (Å²) in [4.78, 5) is 21.7. The Bertz CT molecular complexity index is 693. The van der Waals surface area contributed by atoms with E-state index in [4.69, 9.17) is 0 Å². The van der Waals surface area contributed by atoms with E-state index in [2.05, 4.69) is 35.3 Å². The van der Waals surface area contributed by atoms with Gasteiger partial charge in [-0.2, -0.15) is 0 Å². The number of nitrogens with zero attached hydrogens (tertiary/aromatic N) is 4. The molecule has 0 spiro atoms. The van der Waals surface area contributed by atoms with Gasteiger partial charge in [-0.1, -0.05) is 18.2 Å². The second-order valence-electron chi connectivity index (χ2n) is 6.79. The summed E-state index contributed by atoms with van der Waals surface area (Å²) in [5, 5.41) is 0. The van der Waals surface area contributed by atoms with Crippen molar-refractivity contribution in [1.82, 2.24) is 19.4 Å². The summed E-state index contributed by atoms with van der Waals surface area (Å²) < 4.78 is 2.21. The van der Waals surface area contributed by atoms with E-state index in [0.717, 1.165) is 37.3 Å². The molecule has 0 aliphatic carbocycles. The standard InChI is InChI=1S/C19H26N4O/c1-15(2)21(3)12-17-18-13-22(10-7-11-23(18)14-20-17)19(24)16-8-5-4-6-9-16/h4-6,8-9,14-15H,7,10-13H2,1-3H3. The minimum absolute atomic E-state index is 0.105. The van der Waals surface area contributed by atoms with Gasteiger partial charge in [0.05, 0.1) is 24.3 Å². The molecular weight excluding hydrogens is 300 g/mol. The van der Waals surface area contributed by atoms with Crippen LogP contribution in [0.25, 0.3) is 0 Å². The summed E-state index contributed by atoms with van der Waals surface area (Å²) in [5.41, 5.74) is 3.01. The lowest BCUT2D eigenvalue weighted by atomic mass is 10.2. The van der Waals surface area contributed by atoms with E-state index in [-0.39, 0.29) is 5.91 Å². The average molecular weight is 326 g/mol. The van der Waals surface area contributed by atoms with Crippen molar-refractivity contribution in [2.75, 3.05) is 13.6 Å². The van der Waals surface area contributed by atoms with Crippen LogP contribution in [0.3, 0.4) is 0 Å². The zero-order chi connectivity index (χ0) is 17.1. The summed E-state index contributed by atoms with van der Waals surface area (Å²) in [6.07, 6.45) is 2.89. The van der Waals surface area contributed by atoms with Crippen molar-refractivity contribution in [2.24, 2.45) is 0 Å². The van der Waals surface area contributed by atoms with Crippen LogP contribution in [-0.2, 0) is 19.6 Å². The Labute approximate surface area is 143 Å². The molecule has 128 valence electrons. The van der Waals surface area contributed by atoms with E-state index in [0.29, 0.717) is 12.6 Å². The molecule has 24 heavy (non-hydrogen) atoms. The number of hydrogen-bond acceptors (Lipinski definition) is 3. The van der Waals surface area contributed by atoms with Gasteiger partial charge in [0.25, 0.3) is 5.91 Å². The van der Waals surface area contributed by atoms with Gasteiger partial charge in [-0.05, 0) is 39.4 Å². The molecule has 1 aromatic heterocycles. The molecule has 0 N–H and O–H groups in total. The van der Waals surface area contributed by atoms with Gasteiger partial charge in [-0.25, -0.2) is 4.98 Å². The monoisotopic (exact) mass is 326 g/mol. The Hall–Kier alpha value is -2.14. The van der Waals surface area contributed by atoms with Crippen molar-refractivity contribution in [3.05, 3.63) is 53.6 Å². The third-order valence-corrected chi connectivity index (χ3v) is 4.79. The first-order valence-corrected chi connectivity index (χ1v) is 8.63. The molecule has 0 atom stereocenters. The normalized spacial score (nSPS) is 14.8. The zero-order valence-electron chi connectivity index (χ0n) is 14.8. The number of fused-ring (bicyclic) bond motifs is 1. The highest BCUT2D eigenvalue weighted by Crippen LogP contribution is 2.19. The van der Waals surface area contributed by atoms with Gasteiger partial charge in [-0.15, -0.1) is 0 Å². The Morgan fingerprint density at radius 1 is 1.25 bits per heavy atom. The highest BCUT2D eigenvalue weighted by Gasteiger charge is 2.23. The Morgan fingerprint density at radius 3 is 2.71 bits per heavy atom. The molecule has 0 unspecified atom stereocenters. The molecule has 0 saturated carbocycles. The fourth-order valence-electron chi connectivity index (χ4n) is 3.00. The molecule has 0 bridgehead atoms. The van der Waals surface area contributed by atoms with Gasteiger partial charge in [0.1, 0.15) is 0 Å². The van der Waals surface area contributed by atoms with Crippen molar-refractivity contribution >= 4 is 5.91 Å². The first-order chi connectivity index (χ1) is 11.6. The molecule has 5 nitrogen and oxygen atoms in total. The minimum atomic E-state index is 0.105. The van der Waals surface area contributed by atoms with Crippen molar-refractivity contribution in [3.63, 3.8) is 0 Å². The predicted molar refractivity (Wildman–Crippen MR) is 94.6 cm³/mol. The Morgan fingerprint density at radius 2 is 2.00 bits per heavy atom. The molecule has 0 fully saturated rings. The molecule has 1 aliphatic heterocycles. The maximum Gasteiger partial charge on any atom is 0.254 e. The van der Waals surface area contributed by atoms with E-state index < -0.39 is 0 Å². The van der Waals surface area contributed by atoms with E-state index in [1.54, 1.807) is 0 Å². The molecule has 0 saturated heterocycles. The third kappa shape index (κ3) is 3.51. The third-order valence-electron chi connectivity index (χ3n) is 4.79. The fraction of sp³-hybridized carbons (Fsp3) is 0.474. The van der Waals surface area contributed by atoms with Gasteiger partial charge in [0.2, 0.25) is 0 Å². The SMILES string of the molecule is CC(C)N(C)Cc1ncn2c1CN(C(=O)c1ccccc1)CCC2. The van der Waals surface area contributed by atoms with Crippen LogP contribution in [0.2, 0.25) is 0 Å².